The summed E-state index contributed by atoms with van der Waals surface area (Å²) in [4.78, 5) is 11.6. The number of benzene rings is 1. The van der Waals surface area contributed by atoms with Gasteiger partial charge in [-0.15, -0.1) is 0 Å². The Morgan fingerprint density at radius 2 is 1.83 bits per heavy atom. The third kappa shape index (κ3) is 4.00. The van der Waals surface area contributed by atoms with Crippen molar-refractivity contribution in [1.82, 2.24) is 0 Å². The van der Waals surface area contributed by atoms with Crippen molar-refractivity contribution in [3.8, 4) is 0 Å². The Bertz CT molecular complexity index is 406. The lowest BCUT2D eigenvalue weighted by Gasteiger charge is -2.25. The number of carbonyl (C=O) groups is 1. The molecule has 0 atom stereocenters. The molecular formula is C15H19NO2. The van der Waals surface area contributed by atoms with E-state index in [1.165, 1.54) is 6.08 Å². The van der Waals surface area contributed by atoms with Gasteiger partial charge in [-0.05, 0) is 37.3 Å². The number of hydrogen-bond donors (Lipinski definition) is 1. The van der Waals surface area contributed by atoms with Gasteiger partial charge in [0.1, 0.15) is 6.10 Å². The molecule has 0 saturated heterocycles. The highest BCUT2D eigenvalue weighted by atomic mass is 16.5. The highest BCUT2D eigenvalue weighted by Crippen LogP contribution is 2.20. The molecule has 0 unspecified atom stereocenters. The molecule has 18 heavy (non-hydrogen) atoms. The van der Waals surface area contributed by atoms with Crippen LogP contribution in [-0.4, -0.2) is 18.1 Å². The molecular weight excluding hydrogens is 226 g/mol. The van der Waals surface area contributed by atoms with Crippen molar-refractivity contribution in [1.29, 1.82) is 0 Å². The Morgan fingerprint density at radius 3 is 2.50 bits per heavy atom. The molecule has 1 aliphatic carbocycles. The number of hydrogen-bond acceptors (Lipinski definition) is 3. The molecule has 3 nitrogen and oxygen atoms in total. The van der Waals surface area contributed by atoms with Gasteiger partial charge in [0.05, 0.1) is 0 Å². The van der Waals surface area contributed by atoms with Crippen LogP contribution in [0.5, 0.6) is 0 Å². The van der Waals surface area contributed by atoms with Crippen LogP contribution in [0.2, 0.25) is 0 Å². The van der Waals surface area contributed by atoms with Crippen molar-refractivity contribution in [2.24, 2.45) is 5.73 Å². The van der Waals surface area contributed by atoms with E-state index in [1.54, 1.807) is 6.08 Å². The van der Waals surface area contributed by atoms with Crippen LogP contribution in [0.3, 0.4) is 0 Å². The van der Waals surface area contributed by atoms with Crippen molar-refractivity contribution >= 4 is 12.0 Å². The van der Waals surface area contributed by atoms with E-state index in [4.69, 9.17) is 10.5 Å². The Hall–Kier alpha value is -1.61. The average Bonchev–Trinajstić information content (AvgIpc) is 2.40. The first-order valence-electron chi connectivity index (χ1n) is 6.43. The fourth-order valence-electron chi connectivity index (χ4n) is 2.14. The summed E-state index contributed by atoms with van der Waals surface area (Å²) in [6.07, 6.45) is 6.96. The monoisotopic (exact) mass is 245 g/mol. The summed E-state index contributed by atoms with van der Waals surface area (Å²) in [5.41, 5.74) is 6.81. The van der Waals surface area contributed by atoms with Crippen molar-refractivity contribution < 1.29 is 9.53 Å². The number of ether oxygens (including phenoxy) is 1. The quantitative estimate of drug-likeness (QED) is 0.657. The van der Waals surface area contributed by atoms with Crippen molar-refractivity contribution in [3.63, 3.8) is 0 Å². The van der Waals surface area contributed by atoms with Crippen LogP contribution in [0.1, 0.15) is 31.2 Å². The average molecular weight is 245 g/mol. The molecule has 96 valence electrons. The normalized spacial score (nSPS) is 24.1. The molecule has 1 aromatic carbocycles. The molecule has 2 N–H and O–H groups in total. The van der Waals surface area contributed by atoms with E-state index in [0.717, 1.165) is 31.2 Å². The molecule has 2 rings (SSSR count). The predicted octanol–water partition coefficient (Wildman–Crippen LogP) is 2.51. The van der Waals surface area contributed by atoms with E-state index in [0.29, 0.717) is 0 Å². The van der Waals surface area contributed by atoms with E-state index in [9.17, 15) is 4.79 Å². The van der Waals surface area contributed by atoms with Crippen LogP contribution in [-0.2, 0) is 9.53 Å². The molecule has 0 radical (unpaired) electrons. The first-order valence-corrected chi connectivity index (χ1v) is 6.43. The zero-order valence-corrected chi connectivity index (χ0v) is 10.4. The second-order valence-corrected chi connectivity index (χ2v) is 4.72. The largest absolute Gasteiger partial charge is 0.459 e. The molecule has 1 aromatic rings. The first kappa shape index (κ1) is 12.8. The van der Waals surface area contributed by atoms with Gasteiger partial charge in [0.15, 0.2) is 0 Å². The minimum absolute atomic E-state index is 0.0396. The van der Waals surface area contributed by atoms with E-state index in [-0.39, 0.29) is 18.1 Å². The Kier molecular flexibility index (Phi) is 4.53. The number of nitrogens with two attached hydrogens (primary N) is 1. The minimum Gasteiger partial charge on any atom is -0.459 e. The molecule has 0 aromatic heterocycles. The molecule has 0 amide bonds. The van der Waals surface area contributed by atoms with Crippen LogP contribution in [0.15, 0.2) is 36.4 Å². The molecule has 1 saturated carbocycles. The Labute approximate surface area is 108 Å². The van der Waals surface area contributed by atoms with E-state index < -0.39 is 0 Å². The Morgan fingerprint density at radius 1 is 1.17 bits per heavy atom. The number of esters is 1. The maximum absolute atomic E-state index is 11.6. The van der Waals surface area contributed by atoms with Gasteiger partial charge in [0.2, 0.25) is 0 Å². The summed E-state index contributed by atoms with van der Waals surface area (Å²) in [7, 11) is 0. The van der Waals surface area contributed by atoms with Gasteiger partial charge in [-0.1, -0.05) is 30.3 Å². The summed E-state index contributed by atoms with van der Waals surface area (Å²) in [6, 6.07) is 9.99. The third-order valence-electron chi connectivity index (χ3n) is 3.21. The van der Waals surface area contributed by atoms with E-state index >= 15 is 0 Å². The van der Waals surface area contributed by atoms with Gasteiger partial charge >= 0.3 is 5.97 Å². The van der Waals surface area contributed by atoms with Crippen LogP contribution in [0.4, 0.5) is 0 Å². The van der Waals surface area contributed by atoms with Gasteiger partial charge in [-0.2, -0.15) is 0 Å². The van der Waals surface area contributed by atoms with Crippen molar-refractivity contribution in [2.75, 3.05) is 0 Å². The SMILES string of the molecule is NC1CCC(OC(=O)/C=C/c2ccccc2)CC1. The molecule has 0 heterocycles. The molecule has 1 fully saturated rings. The Balaban J connectivity index is 1.80. The molecule has 0 aliphatic heterocycles. The predicted molar refractivity (Wildman–Crippen MR) is 71.8 cm³/mol. The number of rotatable bonds is 3. The maximum Gasteiger partial charge on any atom is 0.331 e. The summed E-state index contributed by atoms with van der Waals surface area (Å²) >= 11 is 0. The highest BCUT2D eigenvalue weighted by Gasteiger charge is 2.20. The zero-order valence-electron chi connectivity index (χ0n) is 10.4. The van der Waals surface area contributed by atoms with Gasteiger partial charge < -0.3 is 10.5 Å². The third-order valence-corrected chi connectivity index (χ3v) is 3.21. The molecule has 1 aliphatic rings. The van der Waals surface area contributed by atoms with Crippen molar-refractivity contribution in [3.05, 3.63) is 42.0 Å². The van der Waals surface area contributed by atoms with Gasteiger partial charge in [-0.25, -0.2) is 4.79 Å². The lowest BCUT2D eigenvalue weighted by Crippen LogP contribution is -2.31. The van der Waals surface area contributed by atoms with Crippen LogP contribution >= 0.6 is 0 Å². The minimum atomic E-state index is -0.265. The van der Waals surface area contributed by atoms with E-state index in [1.807, 2.05) is 30.3 Å². The van der Waals surface area contributed by atoms with Gasteiger partial charge in [-0.3, -0.25) is 0 Å². The lowest BCUT2D eigenvalue weighted by atomic mass is 9.94. The standard InChI is InChI=1S/C15H19NO2/c16-13-7-9-14(10-8-13)18-15(17)11-6-12-4-2-1-3-5-12/h1-6,11,13-14H,7-10,16H2/b11-6+. The second-order valence-electron chi connectivity index (χ2n) is 4.72. The first-order chi connectivity index (χ1) is 8.74. The summed E-state index contributed by atoms with van der Waals surface area (Å²) in [5, 5.41) is 0. The molecule has 0 spiro atoms. The second kappa shape index (κ2) is 6.36. The van der Waals surface area contributed by atoms with Gasteiger partial charge in [0, 0.05) is 12.1 Å². The maximum atomic E-state index is 11.6. The van der Waals surface area contributed by atoms with Crippen LogP contribution in [0, 0.1) is 0 Å². The lowest BCUT2D eigenvalue weighted by molar-refractivity contribution is -0.144. The summed E-state index contributed by atoms with van der Waals surface area (Å²) < 4.78 is 5.38. The van der Waals surface area contributed by atoms with Crippen molar-refractivity contribution in [2.45, 2.75) is 37.8 Å². The summed E-state index contributed by atoms with van der Waals surface area (Å²) in [5.74, 6) is -0.265. The zero-order chi connectivity index (χ0) is 12.8. The van der Waals surface area contributed by atoms with Crippen LogP contribution < -0.4 is 5.73 Å². The molecule has 0 bridgehead atoms. The fraction of sp³-hybridized carbons (Fsp3) is 0.400. The fourth-order valence-corrected chi connectivity index (χ4v) is 2.14. The molecule has 3 heteroatoms. The summed E-state index contributed by atoms with van der Waals surface area (Å²) in [6.45, 7) is 0. The smallest absolute Gasteiger partial charge is 0.331 e. The van der Waals surface area contributed by atoms with E-state index in [2.05, 4.69) is 0 Å². The highest BCUT2D eigenvalue weighted by molar-refractivity contribution is 5.87. The topological polar surface area (TPSA) is 52.3 Å². The van der Waals surface area contributed by atoms with Gasteiger partial charge in [0.25, 0.3) is 0 Å². The van der Waals surface area contributed by atoms with Crippen LogP contribution in [0.25, 0.3) is 6.08 Å². The number of carbonyl (C=O) groups excluding carboxylic acids is 1.